The first-order chi connectivity index (χ1) is 13.5. The lowest BCUT2D eigenvalue weighted by Crippen LogP contribution is -2.41. The van der Waals surface area contributed by atoms with Crippen molar-refractivity contribution in [3.05, 3.63) is 75.6 Å². The lowest BCUT2D eigenvalue weighted by atomic mass is 9.90. The Hall–Kier alpha value is -3.09. The van der Waals surface area contributed by atoms with E-state index >= 15 is 0 Å². The number of carbonyl (C=O) groups is 1. The van der Waals surface area contributed by atoms with Crippen molar-refractivity contribution in [2.75, 3.05) is 13.1 Å². The number of amides is 1. The van der Waals surface area contributed by atoms with E-state index in [9.17, 15) is 18.4 Å². The van der Waals surface area contributed by atoms with Crippen molar-refractivity contribution in [3.8, 4) is 0 Å². The molecule has 1 fully saturated rings. The van der Waals surface area contributed by atoms with Crippen LogP contribution in [0.4, 0.5) is 8.78 Å². The lowest BCUT2D eigenvalue weighted by molar-refractivity contribution is 0.0682. The number of nitrogens with zero attached hydrogens (tertiary/aromatic N) is 2. The van der Waals surface area contributed by atoms with Crippen molar-refractivity contribution in [1.29, 1.82) is 0 Å². The Balaban J connectivity index is 1.45. The molecule has 1 saturated heterocycles. The van der Waals surface area contributed by atoms with E-state index in [1.54, 1.807) is 35.2 Å². The van der Waals surface area contributed by atoms with Gasteiger partial charge in [-0.2, -0.15) is 5.10 Å². The number of rotatable bonds is 3. The SMILES string of the molecule is O=C(c1n[nH]c2ccccc2c1=O)N1CCC(Cc2cccc(F)c2F)CC1. The number of nitrogens with one attached hydrogen (secondary N) is 1. The summed E-state index contributed by atoms with van der Waals surface area (Å²) in [7, 11) is 0. The Morgan fingerprint density at radius 3 is 2.64 bits per heavy atom. The lowest BCUT2D eigenvalue weighted by Gasteiger charge is -2.31. The smallest absolute Gasteiger partial charge is 0.278 e. The molecule has 1 amide bonds. The molecule has 0 spiro atoms. The molecule has 0 aliphatic carbocycles. The van der Waals surface area contributed by atoms with E-state index in [1.807, 2.05) is 0 Å². The van der Waals surface area contributed by atoms with Crippen molar-refractivity contribution in [1.82, 2.24) is 15.1 Å². The number of hydrogen-bond donors (Lipinski definition) is 1. The van der Waals surface area contributed by atoms with E-state index < -0.39 is 17.5 Å². The zero-order valence-corrected chi connectivity index (χ0v) is 15.1. The molecule has 1 aliphatic heterocycles. The minimum atomic E-state index is -0.841. The molecule has 4 rings (SSSR count). The van der Waals surface area contributed by atoms with Crippen LogP contribution in [0.15, 0.2) is 47.3 Å². The highest BCUT2D eigenvalue weighted by atomic mass is 19.2. The van der Waals surface area contributed by atoms with E-state index in [4.69, 9.17) is 0 Å². The highest BCUT2D eigenvalue weighted by Crippen LogP contribution is 2.24. The van der Waals surface area contributed by atoms with Gasteiger partial charge in [-0.25, -0.2) is 8.78 Å². The number of benzene rings is 2. The number of aromatic amines is 1. The Morgan fingerprint density at radius 1 is 1.11 bits per heavy atom. The average Bonchev–Trinajstić information content (AvgIpc) is 2.72. The maximum atomic E-state index is 13.9. The predicted octanol–water partition coefficient (Wildman–Crippen LogP) is 3.30. The average molecular weight is 383 g/mol. The summed E-state index contributed by atoms with van der Waals surface area (Å²) < 4.78 is 27.2. The van der Waals surface area contributed by atoms with Crippen molar-refractivity contribution < 1.29 is 13.6 Å². The number of H-pyrrole nitrogens is 1. The summed E-state index contributed by atoms with van der Waals surface area (Å²) in [6, 6.07) is 11.1. The summed E-state index contributed by atoms with van der Waals surface area (Å²) in [6.45, 7) is 0.906. The summed E-state index contributed by atoms with van der Waals surface area (Å²) in [5.41, 5.74) is 0.439. The first-order valence-corrected chi connectivity index (χ1v) is 9.24. The zero-order valence-electron chi connectivity index (χ0n) is 15.1. The van der Waals surface area contributed by atoms with Gasteiger partial charge in [-0.05, 0) is 48.9 Å². The Bertz CT molecular complexity index is 1090. The molecule has 0 bridgehead atoms. The van der Waals surface area contributed by atoms with Crippen LogP contribution in [0.25, 0.3) is 10.9 Å². The Morgan fingerprint density at radius 2 is 1.86 bits per heavy atom. The van der Waals surface area contributed by atoms with Gasteiger partial charge >= 0.3 is 0 Å². The first-order valence-electron chi connectivity index (χ1n) is 9.24. The van der Waals surface area contributed by atoms with E-state index in [0.29, 0.717) is 48.8 Å². The molecule has 2 aromatic carbocycles. The number of hydrogen-bond acceptors (Lipinski definition) is 3. The van der Waals surface area contributed by atoms with Gasteiger partial charge in [0.1, 0.15) is 0 Å². The molecule has 2 heterocycles. The van der Waals surface area contributed by atoms with Crippen LogP contribution in [0, 0.1) is 17.6 Å². The van der Waals surface area contributed by atoms with Crippen LogP contribution in [0.2, 0.25) is 0 Å². The van der Waals surface area contributed by atoms with E-state index in [2.05, 4.69) is 10.2 Å². The number of carbonyl (C=O) groups excluding carboxylic acids is 1. The molecule has 1 aliphatic rings. The zero-order chi connectivity index (χ0) is 19.7. The summed E-state index contributed by atoms with van der Waals surface area (Å²) >= 11 is 0. The molecule has 0 saturated carbocycles. The summed E-state index contributed by atoms with van der Waals surface area (Å²) in [6.07, 6.45) is 1.75. The van der Waals surface area contributed by atoms with Gasteiger partial charge in [-0.15, -0.1) is 0 Å². The van der Waals surface area contributed by atoms with Gasteiger partial charge in [-0.3, -0.25) is 14.7 Å². The minimum absolute atomic E-state index is 0.117. The molecular formula is C21H19F2N3O2. The van der Waals surface area contributed by atoms with Crippen LogP contribution >= 0.6 is 0 Å². The molecule has 0 atom stereocenters. The first kappa shape index (κ1) is 18.3. The van der Waals surface area contributed by atoms with Crippen molar-refractivity contribution >= 4 is 16.8 Å². The third-order valence-corrected chi connectivity index (χ3v) is 5.32. The third kappa shape index (κ3) is 3.40. The van der Waals surface area contributed by atoms with Crippen LogP contribution in [0.3, 0.4) is 0 Å². The van der Waals surface area contributed by atoms with Gasteiger partial charge in [0.2, 0.25) is 5.43 Å². The largest absolute Gasteiger partial charge is 0.337 e. The van der Waals surface area contributed by atoms with E-state index in [-0.39, 0.29) is 17.0 Å². The van der Waals surface area contributed by atoms with E-state index in [1.165, 1.54) is 6.07 Å². The fraction of sp³-hybridized carbons (Fsp3) is 0.286. The second-order valence-corrected chi connectivity index (χ2v) is 7.10. The fourth-order valence-corrected chi connectivity index (χ4v) is 3.73. The van der Waals surface area contributed by atoms with Gasteiger partial charge in [0.25, 0.3) is 5.91 Å². The molecule has 5 nitrogen and oxygen atoms in total. The second-order valence-electron chi connectivity index (χ2n) is 7.10. The highest BCUT2D eigenvalue weighted by Gasteiger charge is 2.27. The molecule has 144 valence electrons. The normalized spacial score (nSPS) is 15.1. The molecule has 0 unspecified atom stereocenters. The quantitative estimate of drug-likeness (QED) is 0.755. The maximum absolute atomic E-state index is 13.9. The van der Waals surface area contributed by atoms with Gasteiger partial charge < -0.3 is 4.90 Å². The highest BCUT2D eigenvalue weighted by molar-refractivity contribution is 5.95. The van der Waals surface area contributed by atoms with Crippen LogP contribution < -0.4 is 5.43 Å². The molecular weight excluding hydrogens is 364 g/mol. The molecule has 3 aromatic rings. The second kappa shape index (κ2) is 7.50. The number of halogens is 2. The maximum Gasteiger partial charge on any atom is 0.278 e. The summed E-state index contributed by atoms with van der Waals surface area (Å²) in [5.74, 6) is -1.88. The summed E-state index contributed by atoms with van der Waals surface area (Å²) in [5, 5.41) is 7.16. The molecule has 7 heteroatoms. The standard InChI is InChI=1S/C21H19F2N3O2/c22-16-6-3-4-14(18(16)23)12-13-8-10-26(11-9-13)21(28)19-20(27)15-5-1-2-7-17(15)24-25-19/h1-7,13H,8-12H2,(H,24,27). The molecule has 1 aromatic heterocycles. The van der Waals surface area contributed by atoms with Crippen molar-refractivity contribution in [3.63, 3.8) is 0 Å². The molecule has 1 N–H and O–H groups in total. The minimum Gasteiger partial charge on any atom is -0.337 e. The van der Waals surface area contributed by atoms with Gasteiger partial charge in [0.05, 0.1) is 5.52 Å². The van der Waals surface area contributed by atoms with E-state index in [0.717, 1.165) is 6.07 Å². The number of likely N-dealkylation sites (tertiary alicyclic amines) is 1. The number of fused-ring (bicyclic) bond motifs is 1. The Kier molecular flexibility index (Phi) is 4.90. The topological polar surface area (TPSA) is 66.1 Å². The van der Waals surface area contributed by atoms with Crippen molar-refractivity contribution in [2.24, 2.45) is 5.92 Å². The van der Waals surface area contributed by atoms with Gasteiger partial charge in [0, 0.05) is 18.5 Å². The third-order valence-electron chi connectivity index (χ3n) is 5.32. The fourth-order valence-electron chi connectivity index (χ4n) is 3.73. The van der Waals surface area contributed by atoms with Crippen LogP contribution in [0.1, 0.15) is 28.9 Å². The number of piperidine rings is 1. The van der Waals surface area contributed by atoms with Crippen LogP contribution in [-0.4, -0.2) is 34.1 Å². The van der Waals surface area contributed by atoms with Crippen LogP contribution in [-0.2, 0) is 6.42 Å². The van der Waals surface area contributed by atoms with Crippen LogP contribution in [0.5, 0.6) is 0 Å². The number of para-hydroxylation sites is 1. The molecule has 28 heavy (non-hydrogen) atoms. The monoisotopic (exact) mass is 383 g/mol. The van der Waals surface area contributed by atoms with Gasteiger partial charge in [0.15, 0.2) is 17.3 Å². The summed E-state index contributed by atoms with van der Waals surface area (Å²) in [4.78, 5) is 26.9. The number of aromatic nitrogens is 2. The van der Waals surface area contributed by atoms with Crippen molar-refractivity contribution in [2.45, 2.75) is 19.3 Å². The molecule has 0 radical (unpaired) electrons. The Labute approximate surface area is 160 Å². The predicted molar refractivity (Wildman–Crippen MR) is 101 cm³/mol. The van der Waals surface area contributed by atoms with Gasteiger partial charge in [-0.1, -0.05) is 24.3 Å².